The summed E-state index contributed by atoms with van der Waals surface area (Å²) >= 11 is 0. The van der Waals surface area contributed by atoms with Gasteiger partial charge in [0.1, 0.15) is 0 Å². The first-order valence-electron chi connectivity index (χ1n) is 10.9. The van der Waals surface area contributed by atoms with Gasteiger partial charge in [-0.25, -0.2) is 4.79 Å². The first kappa shape index (κ1) is 23.4. The number of esters is 1. The zero-order valence-electron chi connectivity index (χ0n) is 18.9. The molecule has 3 rings (SSSR count). The van der Waals surface area contributed by atoms with Gasteiger partial charge in [-0.2, -0.15) is 0 Å². The molecule has 0 spiro atoms. The highest BCUT2D eigenvalue weighted by molar-refractivity contribution is 5.95. The normalized spacial score (nSPS) is 14.0. The Morgan fingerprint density at radius 2 is 1.69 bits per heavy atom. The van der Waals surface area contributed by atoms with Gasteiger partial charge in [0.25, 0.3) is 5.91 Å². The lowest BCUT2D eigenvalue weighted by molar-refractivity contribution is -0.119. The van der Waals surface area contributed by atoms with E-state index >= 15 is 0 Å². The number of nitrogens with one attached hydrogen (secondary N) is 1. The molecule has 0 radical (unpaired) electrons. The maximum Gasteiger partial charge on any atom is 0.338 e. The Bertz CT molecular complexity index is 908. The van der Waals surface area contributed by atoms with E-state index in [4.69, 9.17) is 14.2 Å². The van der Waals surface area contributed by atoms with E-state index in [9.17, 15) is 9.59 Å². The molecule has 1 fully saturated rings. The number of amides is 1. The molecule has 0 atom stereocenters. The van der Waals surface area contributed by atoms with Crippen molar-refractivity contribution in [2.45, 2.75) is 13.8 Å². The van der Waals surface area contributed by atoms with Crippen molar-refractivity contribution in [1.29, 1.82) is 0 Å². The third kappa shape index (κ3) is 6.13. The average Bonchev–Trinajstić information content (AvgIpc) is 2.83. The van der Waals surface area contributed by atoms with Crippen molar-refractivity contribution in [3.8, 4) is 11.5 Å². The Morgan fingerprint density at radius 3 is 2.31 bits per heavy atom. The standard InChI is InChI=1S/C24H31N3O5/c1-4-26-12-14-27(15-13-26)20-9-7-19(8-10-20)25-23(28)17-32-24(29)18-6-11-21(30-3)22(16-18)31-5-2/h6-11,16H,4-5,12-15,17H2,1-3H3,(H,25,28). The van der Waals surface area contributed by atoms with Crippen LogP contribution in [-0.4, -0.2) is 69.8 Å². The number of ether oxygens (including phenoxy) is 3. The van der Waals surface area contributed by atoms with E-state index in [2.05, 4.69) is 22.0 Å². The molecule has 8 nitrogen and oxygen atoms in total. The number of piperazine rings is 1. The van der Waals surface area contributed by atoms with Gasteiger partial charge in [-0.1, -0.05) is 6.92 Å². The van der Waals surface area contributed by atoms with Crippen molar-refractivity contribution in [3.63, 3.8) is 0 Å². The van der Waals surface area contributed by atoms with Gasteiger partial charge in [0, 0.05) is 37.6 Å². The number of methoxy groups -OCH3 is 1. The van der Waals surface area contributed by atoms with E-state index in [0.717, 1.165) is 38.4 Å². The summed E-state index contributed by atoms with van der Waals surface area (Å²) in [4.78, 5) is 29.3. The molecular weight excluding hydrogens is 410 g/mol. The maximum absolute atomic E-state index is 12.3. The van der Waals surface area contributed by atoms with Crippen LogP contribution in [0.15, 0.2) is 42.5 Å². The number of likely N-dealkylation sites (N-methyl/N-ethyl adjacent to an activating group) is 1. The third-order valence-corrected chi connectivity index (χ3v) is 5.37. The Kier molecular flexibility index (Phi) is 8.33. The lowest BCUT2D eigenvalue weighted by atomic mass is 10.2. The predicted molar refractivity (Wildman–Crippen MR) is 124 cm³/mol. The lowest BCUT2D eigenvalue weighted by Gasteiger charge is -2.35. The molecule has 1 N–H and O–H groups in total. The number of carbonyl (C=O) groups excluding carboxylic acids is 2. The van der Waals surface area contributed by atoms with E-state index in [-0.39, 0.29) is 12.2 Å². The first-order chi connectivity index (χ1) is 15.5. The van der Waals surface area contributed by atoms with Crippen LogP contribution in [0.1, 0.15) is 24.2 Å². The Morgan fingerprint density at radius 1 is 0.969 bits per heavy atom. The van der Waals surface area contributed by atoms with Crippen molar-refractivity contribution in [3.05, 3.63) is 48.0 Å². The number of hydrogen-bond donors (Lipinski definition) is 1. The highest BCUT2D eigenvalue weighted by atomic mass is 16.5. The number of benzene rings is 2. The summed E-state index contributed by atoms with van der Waals surface area (Å²) in [5.74, 6) is -0.0338. The molecule has 0 aliphatic carbocycles. The molecule has 0 aromatic heterocycles. The fourth-order valence-electron chi connectivity index (χ4n) is 3.56. The molecule has 0 saturated carbocycles. The molecule has 1 aliphatic heterocycles. The van der Waals surface area contributed by atoms with Crippen LogP contribution in [0.2, 0.25) is 0 Å². The van der Waals surface area contributed by atoms with Gasteiger partial charge in [-0.15, -0.1) is 0 Å². The van der Waals surface area contributed by atoms with Crippen molar-refractivity contribution < 1.29 is 23.8 Å². The van der Waals surface area contributed by atoms with E-state index in [1.807, 2.05) is 31.2 Å². The van der Waals surface area contributed by atoms with Gasteiger partial charge in [0.2, 0.25) is 0 Å². The molecule has 32 heavy (non-hydrogen) atoms. The third-order valence-electron chi connectivity index (χ3n) is 5.37. The molecule has 2 aromatic carbocycles. The van der Waals surface area contributed by atoms with Gasteiger partial charge >= 0.3 is 5.97 Å². The van der Waals surface area contributed by atoms with E-state index in [1.165, 1.54) is 7.11 Å². The van der Waals surface area contributed by atoms with Crippen LogP contribution in [0, 0.1) is 0 Å². The molecule has 1 heterocycles. The van der Waals surface area contributed by atoms with E-state index in [0.29, 0.717) is 23.8 Å². The van der Waals surface area contributed by atoms with E-state index in [1.54, 1.807) is 18.2 Å². The summed E-state index contributed by atoms with van der Waals surface area (Å²) in [6, 6.07) is 12.5. The summed E-state index contributed by atoms with van der Waals surface area (Å²) in [7, 11) is 1.53. The van der Waals surface area contributed by atoms with Gasteiger partial charge < -0.3 is 29.3 Å². The molecule has 1 amide bonds. The van der Waals surface area contributed by atoms with Crippen molar-refractivity contribution in [1.82, 2.24) is 4.90 Å². The minimum atomic E-state index is -0.606. The molecule has 0 unspecified atom stereocenters. The lowest BCUT2D eigenvalue weighted by Crippen LogP contribution is -2.46. The Hall–Kier alpha value is -3.26. The van der Waals surface area contributed by atoms with Crippen LogP contribution in [0.3, 0.4) is 0 Å². The smallest absolute Gasteiger partial charge is 0.338 e. The SMILES string of the molecule is CCOc1cc(C(=O)OCC(=O)Nc2ccc(N3CCN(CC)CC3)cc2)ccc1OC. The molecule has 1 saturated heterocycles. The first-order valence-corrected chi connectivity index (χ1v) is 10.9. The van der Waals surface area contributed by atoms with Crippen LogP contribution < -0.4 is 19.7 Å². The molecule has 8 heteroatoms. The molecule has 2 aromatic rings. The number of anilines is 2. The van der Waals surface area contributed by atoms with Crippen LogP contribution in [0.25, 0.3) is 0 Å². The highest BCUT2D eigenvalue weighted by Gasteiger charge is 2.16. The minimum Gasteiger partial charge on any atom is -0.493 e. The quantitative estimate of drug-likeness (QED) is 0.599. The van der Waals surface area contributed by atoms with Gasteiger partial charge in [-0.05, 0) is 55.9 Å². The fourth-order valence-corrected chi connectivity index (χ4v) is 3.56. The summed E-state index contributed by atoms with van der Waals surface area (Å²) < 4.78 is 15.8. The average molecular weight is 442 g/mol. The van der Waals surface area contributed by atoms with Crippen LogP contribution in [0.4, 0.5) is 11.4 Å². The molecule has 0 bridgehead atoms. The number of nitrogens with zero attached hydrogens (tertiary/aromatic N) is 2. The molecule has 1 aliphatic rings. The number of rotatable bonds is 9. The van der Waals surface area contributed by atoms with Gasteiger partial charge in [0.15, 0.2) is 18.1 Å². The zero-order chi connectivity index (χ0) is 22.9. The molecular formula is C24H31N3O5. The zero-order valence-corrected chi connectivity index (χ0v) is 18.9. The second kappa shape index (κ2) is 11.4. The highest BCUT2D eigenvalue weighted by Crippen LogP contribution is 2.28. The van der Waals surface area contributed by atoms with E-state index < -0.39 is 11.9 Å². The second-order valence-electron chi connectivity index (χ2n) is 7.39. The fraction of sp³-hybridized carbons (Fsp3) is 0.417. The second-order valence-corrected chi connectivity index (χ2v) is 7.39. The van der Waals surface area contributed by atoms with Crippen molar-refractivity contribution in [2.75, 3.05) is 63.3 Å². The Labute approximate surface area is 189 Å². The summed E-state index contributed by atoms with van der Waals surface area (Å²) in [5.41, 5.74) is 2.08. The summed E-state index contributed by atoms with van der Waals surface area (Å²) in [6.07, 6.45) is 0. The number of hydrogen-bond acceptors (Lipinski definition) is 7. The van der Waals surface area contributed by atoms with Crippen LogP contribution in [0.5, 0.6) is 11.5 Å². The monoisotopic (exact) mass is 441 g/mol. The number of carbonyl (C=O) groups is 2. The molecule has 172 valence electrons. The van der Waals surface area contributed by atoms with Crippen molar-refractivity contribution in [2.24, 2.45) is 0 Å². The maximum atomic E-state index is 12.3. The van der Waals surface area contributed by atoms with Crippen LogP contribution >= 0.6 is 0 Å². The predicted octanol–water partition coefficient (Wildman–Crippen LogP) is 3.03. The summed E-state index contributed by atoms with van der Waals surface area (Å²) in [5, 5.41) is 2.76. The largest absolute Gasteiger partial charge is 0.493 e. The summed E-state index contributed by atoms with van der Waals surface area (Å²) in [6.45, 7) is 9.25. The van der Waals surface area contributed by atoms with Gasteiger partial charge in [-0.3, -0.25) is 4.79 Å². The van der Waals surface area contributed by atoms with Gasteiger partial charge in [0.05, 0.1) is 19.3 Å². The van der Waals surface area contributed by atoms with Crippen molar-refractivity contribution >= 4 is 23.3 Å². The topological polar surface area (TPSA) is 80.3 Å². The minimum absolute atomic E-state index is 0.287. The van der Waals surface area contributed by atoms with Crippen LogP contribution in [-0.2, 0) is 9.53 Å². The Balaban J connectivity index is 1.49.